The zero-order valence-corrected chi connectivity index (χ0v) is 47.1. The van der Waals surface area contributed by atoms with Crippen LogP contribution in [0.1, 0.15) is 92.7 Å². The molecule has 5 nitrogen and oxygen atoms in total. The van der Waals surface area contributed by atoms with Gasteiger partial charge < -0.3 is 18.0 Å². The van der Waals surface area contributed by atoms with Crippen molar-refractivity contribution in [1.29, 1.82) is 0 Å². The number of pyridine rings is 1. The molecular weight excluding hydrogens is 1130 g/mol. The third-order valence-electron chi connectivity index (χ3n) is 14.7. The number of hydrogen-bond acceptors (Lipinski definition) is 2. The predicted molar refractivity (Wildman–Crippen MR) is 324 cm³/mol. The van der Waals surface area contributed by atoms with Gasteiger partial charge in [0.15, 0.2) is 0 Å². The summed E-state index contributed by atoms with van der Waals surface area (Å²) in [6.07, 6.45) is 2.11. The van der Waals surface area contributed by atoms with E-state index in [2.05, 4.69) is 181 Å². The molecule has 12 aromatic rings. The minimum absolute atomic E-state index is 0. The van der Waals surface area contributed by atoms with Gasteiger partial charge in [-0.15, -0.1) is 29.1 Å². The molecule has 3 aromatic heterocycles. The number of hydrogen-bond donors (Lipinski definition) is 0. The Kier molecular flexibility index (Phi) is 9.84. The van der Waals surface area contributed by atoms with Crippen molar-refractivity contribution in [3.63, 3.8) is 0 Å². The van der Waals surface area contributed by atoms with Gasteiger partial charge in [0.05, 0.1) is 16.5 Å². The molecule has 1 aliphatic heterocycles. The maximum absolute atomic E-state index is 10.0. The number of fused-ring (bicyclic) bond motifs is 23. The van der Waals surface area contributed by atoms with E-state index in [9.17, 15) is 6.85 Å². The monoisotopic (exact) mass is 1200 g/mol. The zero-order valence-electron chi connectivity index (χ0n) is 54.9. The van der Waals surface area contributed by atoms with E-state index in [0.29, 0.717) is 11.0 Å². The van der Waals surface area contributed by atoms with Crippen molar-refractivity contribution in [3.05, 3.63) is 235 Å². The summed E-state index contributed by atoms with van der Waals surface area (Å²) in [5, 5.41) is 4.58. The minimum atomic E-state index is -0.666. The molecule has 0 fully saturated rings. The molecule has 0 unspecified atom stereocenters. The number of nitrogens with zero attached hydrogens (tertiary/aromatic N) is 4. The molecule has 6 heteroatoms. The van der Waals surface area contributed by atoms with Gasteiger partial charge in [-0.2, -0.15) is 23.7 Å². The van der Waals surface area contributed by atoms with Crippen molar-refractivity contribution in [1.82, 2.24) is 18.5 Å². The van der Waals surface area contributed by atoms with Gasteiger partial charge in [0.2, 0.25) is 0 Å². The molecule has 0 aliphatic carbocycles. The summed E-state index contributed by atoms with van der Waals surface area (Å²) >= 11 is 0. The molecule has 78 heavy (non-hydrogen) atoms. The van der Waals surface area contributed by atoms with E-state index in [4.69, 9.17) is 16.3 Å². The summed E-state index contributed by atoms with van der Waals surface area (Å²) in [5.41, 5.74) is 7.27. The van der Waals surface area contributed by atoms with Crippen LogP contribution in [0.15, 0.2) is 211 Å². The Labute approximate surface area is 484 Å². The Balaban J connectivity index is 0.00000754. The SMILES string of the molecule is [2H]c1c([2H])c([2H])c(-c2c([2H])c([2H])c3c(c2[2H])c2c([2H])c([2H])c4[c-]c2n3c2cc(C(C)(C)C)cc(n2)c2cccc(c2)c2ccccc2c2cc(C(C)(C)C)cc(-c3ccccc3)c2n2[cH-]n(c3[c-]c(cc(C(C)(C)C)c3)o4)-c3ccccc3-2)c([2H])c1[2H].[Pt]. The Morgan fingerprint density at radius 2 is 1.17 bits per heavy atom. The topological polar surface area (TPSA) is 40.3 Å². The van der Waals surface area contributed by atoms with Crippen LogP contribution in [0.5, 0.6) is 0 Å². The van der Waals surface area contributed by atoms with Crippen LogP contribution in [0, 0.1) is 12.1 Å². The first kappa shape index (κ1) is 40.1. The van der Waals surface area contributed by atoms with E-state index >= 15 is 0 Å². The maximum Gasteiger partial charge on any atom is 0.136 e. The largest absolute Gasteiger partial charge is 0.510 e. The average molecular weight is 1200 g/mol. The van der Waals surface area contributed by atoms with Crippen LogP contribution in [0.2, 0.25) is 0 Å². The third-order valence-corrected chi connectivity index (χ3v) is 14.7. The molecule has 13 rings (SSSR count). The molecule has 0 N–H and O–H groups in total. The summed E-state index contributed by atoms with van der Waals surface area (Å²) < 4.78 is 106. The predicted octanol–water partition coefficient (Wildman–Crippen LogP) is 19.4. The van der Waals surface area contributed by atoms with Crippen LogP contribution < -0.4 is 0 Å². The summed E-state index contributed by atoms with van der Waals surface area (Å²) in [6, 6.07) is 49.4. The van der Waals surface area contributed by atoms with E-state index in [1.165, 1.54) is 0 Å². The van der Waals surface area contributed by atoms with Gasteiger partial charge in [0.25, 0.3) is 0 Å². The Morgan fingerprint density at radius 3 is 1.91 bits per heavy atom. The summed E-state index contributed by atoms with van der Waals surface area (Å²) in [5.74, 6) is 0. The van der Waals surface area contributed by atoms with Gasteiger partial charge in [-0.3, -0.25) is 0 Å². The fourth-order valence-corrected chi connectivity index (χ4v) is 10.5. The third kappa shape index (κ3) is 8.98. The molecule has 10 bridgehead atoms. The molecule has 4 heterocycles. The van der Waals surface area contributed by atoms with Gasteiger partial charge in [0, 0.05) is 50.8 Å². The molecule has 9 aromatic carbocycles. The first-order valence-electron chi connectivity index (χ1n) is 31.0. The van der Waals surface area contributed by atoms with Crippen molar-refractivity contribution in [2.45, 2.75) is 78.6 Å². The van der Waals surface area contributed by atoms with Crippen LogP contribution in [-0.2, 0) is 37.3 Å². The molecular formula is C72H61N4OPt-3. The van der Waals surface area contributed by atoms with Gasteiger partial charge in [-0.1, -0.05) is 219 Å². The second-order valence-electron chi connectivity index (χ2n) is 23.1. The number of aromatic nitrogens is 4. The molecule has 0 spiro atoms. The van der Waals surface area contributed by atoms with Gasteiger partial charge in [-0.05, 0) is 119 Å². The van der Waals surface area contributed by atoms with Crippen LogP contribution in [-0.4, -0.2) is 18.5 Å². The maximum atomic E-state index is 10.0. The second kappa shape index (κ2) is 19.1. The summed E-state index contributed by atoms with van der Waals surface area (Å²) in [4.78, 5) is 5.44. The average Bonchev–Trinajstić information content (AvgIpc) is 1.58. The molecule has 0 radical (unpaired) electrons. The molecule has 0 saturated heterocycles. The zero-order chi connectivity index (χ0) is 61.7. The van der Waals surface area contributed by atoms with E-state index in [-0.39, 0.29) is 70.7 Å². The van der Waals surface area contributed by atoms with E-state index < -0.39 is 76.8 Å². The number of imidazole rings is 1. The fraction of sp³-hybridized carbons (Fsp3) is 0.167. The standard InChI is InChI=1S/C72H61N4O.Pt/c1-70(2,3)51-37-54-43-56(38-51)77-55-32-33-59-61-36-48(46-21-12-10-13-22-46)31-34-64(61)76(67(59)44-55)68-42-53(72(7,8)9)41-63(73-68)50-26-20-25-49(35-50)57-27-16-17-28-58(57)62-40-52(71(4,5)6)39-60(47-23-14-11-15-24-47)69(62)75-45-74(54)65-29-18-19-30-66(65)75;/h10-42,45H,1-9H3;/q-3;/i10D,12D,13D,21D,22D,31D,32D,33D,34D,36D;. The Hall–Kier alpha value is -8.11. The fourth-order valence-electron chi connectivity index (χ4n) is 10.5. The summed E-state index contributed by atoms with van der Waals surface area (Å²) in [7, 11) is 0. The van der Waals surface area contributed by atoms with Crippen LogP contribution in [0.25, 0.3) is 116 Å². The van der Waals surface area contributed by atoms with Crippen molar-refractivity contribution in [2.75, 3.05) is 0 Å². The van der Waals surface area contributed by atoms with Crippen molar-refractivity contribution in [3.8, 4) is 33.6 Å². The Bertz CT molecular complexity index is 5210. The van der Waals surface area contributed by atoms with Crippen LogP contribution in [0.3, 0.4) is 0 Å². The van der Waals surface area contributed by atoms with Gasteiger partial charge >= 0.3 is 0 Å². The van der Waals surface area contributed by atoms with Crippen LogP contribution in [0.4, 0.5) is 0 Å². The smallest absolute Gasteiger partial charge is 0.136 e. The van der Waals surface area contributed by atoms with E-state index in [1.807, 2.05) is 48.5 Å². The van der Waals surface area contributed by atoms with Gasteiger partial charge in [-0.25, -0.2) is 4.98 Å². The van der Waals surface area contributed by atoms with Crippen molar-refractivity contribution >= 4 is 82.1 Å². The Morgan fingerprint density at radius 1 is 0.500 bits per heavy atom. The minimum Gasteiger partial charge on any atom is -0.510 e. The summed E-state index contributed by atoms with van der Waals surface area (Å²) in [6.45, 7) is 19.3. The van der Waals surface area contributed by atoms with Gasteiger partial charge in [0.1, 0.15) is 5.65 Å². The molecule has 0 amide bonds. The molecule has 1 aliphatic rings. The first-order chi connectivity index (χ1) is 41.2. The quantitative estimate of drug-likeness (QED) is 0.162. The van der Waals surface area contributed by atoms with Crippen LogP contribution >= 0.6 is 0 Å². The normalized spacial score (nSPS) is 14.1. The van der Waals surface area contributed by atoms with E-state index in [1.54, 1.807) is 4.40 Å². The van der Waals surface area contributed by atoms with Crippen molar-refractivity contribution in [2.24, 2.45) is 0 Å². The molecule has 0 saturated carbocycles. The first-order valence-corrected chi connectivity index (χ1v) is 26.0. The molecule has 0 atom stereocenters. The van der Waals surface area contributed by atoms with Crippen molar-refractivity contribution < 1.29 is 39.2 Å². The number of benzene rings is 9. The molecule has 388 valence electrons. The number of para-hydroxylation sites is 2. The van der Waals surface area contributed by atoms with E-state index in [0.717, 1.165) is 71.6 Å². The second-order valence-corrected chi connectivity index (χ2v) is 23.1. The number of rotatable bonds is 2.